The molecule has 0 saturated carbocycles. The molecule has 0 unspecified atom stereocenters. The fourth-order valence-electron chi connectivity index (χ4n) is 1.58. The van der Waals surface area contributed by atoms with Crippen molar-refractivity contribution in [1.29, 1.82) is 0 Å². The van der Waals surface area contributed by atoms with Crippen molar-refractivity contribution in [1.82, 2.24) is 24.7 Å². The number of halogens is 1. The molecule has 0 saturated heterocycles. The number of nitrogens with one attached hydrogen (secondary N) is 1. The van der Waals surface area contributed by atoms with Crippen molar-refractivity contribution in [2.45, 2.75) is 6.54 Å². The minimum Gasteiger partial charge on any atom is -0.340 e. The molecule has 16 heavy (non-hydrogen) atoms. The first-order valence-corrected chi connectivity index (χ1v) is 5.57. The van der Waals surface area contributed by atoms with Gasteiger partial charge in [-0.15, -0.1) is 0 Å². The average Bonchev–Trinajstić information content (AvgIpc) is 2.86. The lowest BCUT2D eigenvalue weighted by Crippen LogP contribution is -2.01. The van der Waals surface area contributed by atoms with Gasteiger partial charge in [0.15, 0.2) is 0 Å². The number of imidazole rings is 1. The summed E-state index contributed by atoms with van der Waals surface area (Å²) in [6, 6.07) is 5.95. The van der Waals surface area contributed by atoms with Crippen LogP contribution in [0.1, 0.15) is 5.82 Å². The van der Waals surface area contributed by atoms with Crippen molar-refractivity contribution < 1.29 is 0 Å². The van der Waals surface area contributed by atoms with Gasteiger partial charge in [-0.05, 0) is 18.2 Å². The van der Waals surface area contributed by atoms with Crippen LogP contribution in [-0.4, -0.2) is 24.7 Å². The van der Waals surface area contributed by atoms with Gasteiger partial charge in [0.1, 0.15) is 25.0 Å². The van der Waals surface area contributed by atoms with E-state index in [1.165, 1.54) is 6.33 Å². The molecule has 0 spiro atoms. The zero-order valence-corrected chi connectivity index (χ0v) is 9.85. The zero-order valence-electron chi connectivity index (χ0n) is 8.26. The Morgan fingerprint density at radius 3 is 3.12 bits per heavy atom. The molecule has 1 N–H and O–H groups in total. The van der Waals surface area contributed by atoms with Crippen LogP contribution in [-0.2, 0) is 6.54 Å². The second-order valence-corrected chi connectivity index (χ2v) is 4.35. The van der Waals surface area contributed by atoms with Crippen LogP contribution in [0.15, 0.2) is 35.3 Å². The van der Waals surface area contributed by atoms with E-state index in [-0.39, 0.29) is 0 Å². The van der Waals surface area contributed by atoms with E-state index in [1.54, 1.807) is 11.0 Å². The Morgan fingerprint density at radius 2 is 2.31 bits per heavy atom. The Hall–Kier alpha value is -1.69. The lowest BCUT2D eigenvalue weighted by Gasteiger charge is -1.94. The molecule has 0 amide bonds. The maximum absolute atomic E-state index is 4.46. The summed E-state index contributed by atoms with van der Waals surface area (Å²) in [5.41, 5.74) is 1.97. The van der Waals surface area contributed by atoms with Crippen molar-refractivity contribution in [3.8, 4) is 0 Å². The van der Waals surface area contributed by atoms with Crippen molar-refractivity contribution >= 4 is 27.0 Å². The summed E-state index contributed by atoms with van der Waals surface area (Å²) >= 11 is 3.43. The SMILES string of the molecule is Brc1ccc2nc(Cn3cncn3)[nH]c2c1. The number of rotatable bonds is 2. The first kappa shape index (κ1) is 9.53. The minimum absolute atomic E-state index is 0.603. The Balaban J connectivity index is 1.99. The summed E-state index contributed by atoms with van der Waals surface area (Å²) in [5, 5.41) is 4.04. The van der Waals surface area contributed by atoms with Gasteiger partial charge in [0.05, 0.1) is 11.0 Å². The number of aromatic amines is 1. The van der Waals surface area contributed by atoms with Crippen molar-refractivity contribution in [2.24, 2.45) is 0 Å². The molecule has 0 radical (unpaired) electrons. The van der Waals surface area contributed by atoms with E-state index < -0.39 is 0 Å². The monoisotopic (exact) mass is 277 g/mol. The number of aromatic nitrogens is 5. The quantitative estimate of drug-likeness (QED) is 0.779. The molecule has 2 heterocycles. The van der Waals surface area contributed by atoms with Crippen LogP contribution in [0.25, 0.3) is 11.0 Å². The van der Waals surface area contributed by atoms with E-state index in [0.29, 0.717) is 6.54 Å². The Kier molecular flexibility index (Phi) is 2.21. The van der Waals surface area contributed by atoms with Gasteiger partial charge in [-0.25, -0.2) is 14.6 Å². The highest BCUT2D eigenvalue weighted by Gasteiger charge is 2.03. The molecule has 0 atom stereocenters. The topological polar surface area (TPSA) is 59.4 Å². The molecular formula is C10H8BrN5. The molecule has 0 aliphatic carbocycles. The van der Waals surface area contributed by atoms with Crippen LogP contribution < -0.4 is 0 Å². The maximum atomic E-state index is 4.46. The average molecular weight is 278 g/mol. The highest BCUT2D eigenvalue weighted by atomic mass is 79.9. The van der Waals surface area contributed by atoms with Crippen LogP contribution in [0.3, 0.4) is 0 Å². The van der Waals surface area contributed by atoms with Crippen LogP contribution >= 0.6 is 15.9 Å². The normalized spacial score (nSPS) is 11.1. The number of benzene rings is 1. The van der Waals surface area contributed by atoms with Gasteiger partial charge in [-0.3, -0.25) is 0 Å². The van der Waals surface area contributed by atoms with E-state index in [2.05, 4.69) is 36.0 Å². The molecule has 1 aromatic carbocycles. The Bertz CT molecular complexity index is 613. The predicted octanol–water partition coefficient (Wildman–Crippen LogP) is 1.97. The molecule has 80 valence electrons. The van der Waals surface area contributed by atoms with Crippen molar-refractivity contribution in [3.63, 3.8) is 0 Å². The lowest BCUT2D eigenvalue weighted by atomic mass is 10.3. The summed E-state index contributed by atoms with van der Waals surface area (Å²) in [7, 11) is 0. The van der Waals surface area contributed by atoms with E-state index in [1.807, 2.05) is 18.2 Å². The van der Waals surface area contributed by atoms with Crippen LogP contribution in [0.4, 0.5) is 0 Å². The molecule has 0 aliphatic heterocycles. The van der Waals surface area contributed by atoms with Gasteiger partial charge in [-0.1, -0.05) is 15.9 Å². The molecule has 2 aromatic heterocycles. The summed E-state index contributed by atoms with van der Waals surface area (Å²) in [4.78, 5) is 11.6. The fourth-order valence-corrected chi connectivity index (χ4v) is 1.94. The van der Waals surface area contributed by atoms with Crippen LogP contribution in [0.2, 0.25) is 0 Å². The van der Waals surface area contributed by atoms with Gasteiger partial charge >= 0.3 is 0 Å². The lowest BCUT2D eigenvalue weighted by molar-refractivity contribution is 0.661. The summed E-state index contributed by atoms with van der Waals surface area (Å²) in [6.45, 7) is 0.603. The summed E-state index contributed by atoms with van der Waals surface area (Å²) < 4.78 is 2.77. The van der Waals surface area contributed by atoms with Crippen molar-refractivity contribution in [3.05, 3.63) is 41.2 Å². The van der Waals surface area contributed by atoms with Gasteiger partial charge in [0, 0.05) is 4.47 Å². The predicted molar refractivity (Wildman–Crippen MR) is 62.9 cm³/mol. The maximum Gasteiger partial charge on any atom is 0.137 e. The summed E-state index contributed by atoms with van der Waals surface area (Å²) in [6.07, 6.45) is 3.18. The second kappa shape index (κ2) is 3.71. The van der Waals surface area contributed by atoms with Crippen molar-refractivity contribution in [2.75, 3.05) is 0 Å². The van der Waals surface area contributed by atoms with E-state index in [4.69, 9.17) is 0 Å². The standard InChI is InChI=1S/C10H8BrN5/c11-7-1-2-8-9(3-7)15-10(14-8)4-16-6-12-5-13-16/h1-3,5-6H,4H2,(H,14,15). The van der Waals surface area contributed by atoms with Crippen LogP contribution in [0, 0.1) is 0 Å². The second-order valence-electron chi connectivity index (χ2n) is 3.44. The van der Waals surface area contributed by atoms with Gasteiger partial charge in [-0.2, -0.15) is 5.10 Å². The number of nitrogens with zero attached hydrogens (tertiary/aromatic N) is 4. The molecule has 0 bridgehead atoms. The first-order valence-electron chi connectivity index (χ1n) is 4.78. The molecule has 5 nitrogen and oxygen atoms in total. The van der Waals surface area contributed by atoms with E-state index >= 15 is 0 Å². The molecule has 0 fully saturated rings. The third-order valence-electron chi connectivity index (χ3n) is 2.27. The molecular weight excluding hydrogens is 270 g/mol. The smallest absolute Gasteiger partial charge is 0.137 e. The largest absolute Gasteiger partial charge is 0.340 e. The van der Waals surface area contributed by atoms with Gasteiger partial charge in [0.2, 0.25) is 0 Å². The van der Waals surface area contributed by atoms with E-state index in [9.17, 15) is 0 Å². The fraction of sp³-hybridized carbons (Fsp3) is 0.100. The number of hydrogen-bond acceptors (Lipinski definition) is 3. The molecule has 3 aromatic rings. The number of fused-ring (bicyclic) bond motifs is 1. The number of hydrogen-bond donors (Lipinski definition) is 1. The van der Waals surface area contributed by atoms with Crippen LogP contribution in [0.5, 0.6) is 0 Å². The van der Waals surface area contributed by atoms with Gasteiger partial charge in [0.25, 0.3) is 0 Å². The summed E-state index contributed by atoms with van der Waals surface area (Å²) in [5.74, 6) is 0.874. The van der Waals surface area contributed by atoms with E-state index in [0.717, 1.165) is 21.3 Å². The highest BCUT2D eigenvalue weighted by Crippen LogP contribution is 2.17. The Morgan fingerprint density at radius 1 is 1.38 bits per heavy atom. The minimum atomic E-state index is 0.603. The molecule has 6 heteroatoms. The first-order chi connectivity index (χ1) is 7.81. The Labute approximate surface area is 99.7 Å². The van der Waals surface area contributed by atoms with Gasteiger partial charge < -0.3 is 4.98 Å². The molecule has 0 aliphatic rings. The third kappa shape index (κ3) is 1.71. The molecule has 3 rings (SSSR count). The number of H-pyrrole nitrogens is 1. The highest BCUT2D eigenvalue weighted by molar-refractivity contribution is 9.10. The zero-order chi connectivity index (χ0) is 11.0. The third-order valence-corrected chi connectivity index (χ3v) is 2.76.